The molecule has 2 aromatic rings. The van der Waals surface area contributed by atoms with E-state index in [1.54, 1.807) is 24.1 Å². The number of likely N-dealkylation sites (N-methyl/N-ethyl adjacent to an activating group) is 1. The van der Waals surface area contributed by atoms with E-state index in [4.69, 9.17) is 9.26 Å². The highest BCUT2D eigenvalue weighted by molar-refractivity contribution is 5.79. The summed E-state index contributed by atoms with van der Waals surface area (Å²) < 4.78 is 23.9. The van der Waals surface area contributed by atoms with Crippen molar-refractivity contribution in [2.75, 3.05) is 13.6 Å². The highest BCUT2D eigenvalue weighted by Gasteiger charge is 2.27. The van der Waals surface area contributed by atoms with Gasteiger partial charge in [0.25, 0.3) is 5.89 Å². The van der Waals surface area contributed by atoms with Gasteiger partial charge < -0.3 is 14.2 Å². The van der Waals surface area contributed by atoms with Crippen molar-refractivity contribution in [3.05, 3.63) is 41.8 Å². The quantitative estimate of drug-likeness (QED) is 0.779. The van der Waals surface area contributed by atoms with Crippen molar-refractivity contribution in [1.82, 2.24) is 15.0 Å². The standard InChI is InChI=1S/C17H20FN3O3/c1-21(17(22)12-5-4-6-12)10-9-15-19-16(24-20-15)11-23-14-8-3-2-7-13(14)18/h2-3,7-8,12H,4-6,9-11H2,1H3. The molecule has 128 valence electrons. The molecule has 24 heavy (non-hydrogen) atoms. The van der Waals surface area contributed by atoms with Crippen LogP contribution in [-0.2, 0) is 17.8 Å². The molecule has 0 saturated heterocycles. The molecule has 1 amide bonds. The van der Waals surface area contributed by atoms with Crippen molar-refractivity contribution in [2.45, 2.75) is 32.3 Å². The Morgan fingerprint density at radius 3 is 2.92 bits per heavy atom. The first-order valence-corrected chi connectivity index (χ1v) is 8.07. The minimum Gasteiger partial charge on any atom is -0.481 e. The molecule has 0 N–H and O–H groups in total. The summed E-state index contributed by atoms with van der Waals surface area (Å²) in [6, 6.07) is 6.14. The summed E-state index contributed by atoms with van der Waals surface area (Å²) in [6.07, 6.45) is 3.63. The van der Waals surface area contributed by atoms with Crippen LogP contribution in [0.5, 0.6) is 5.75 Å². The van der Waals surface area contributed by atoms with Crippen molar-refractivity contribution in [3.63, 3.8) is 0 Å². The summed E-state index contributed by atoms with van der Waals surface area (Å²) in [5.74, 6) is 0.867. The minimum absolute atomic E-state index is 0.00474. The first-order valence-electron chi connectivity index (χ1n) is 8.07. The molecule has 3 rings (SSSR count). The van der Waals surface area contributed by atoms with Crippen molar-refractivity contribution in [2.24, 2.45) is 5.92 Å². The Bertz CT molecular complexity index is 700. The van der Waals surface area contributed by atoms with Gasteiger partial charge in [0, 0.05) is 25.9 Å². The van der Waals surface area contributed by atoms with E-state index in [2.05, 4.69) is 10.1 Å². The maximum Gasteiger partial charge on any atom is 0.264 e. The second-order valence-corrected chi connectivity index (χ2v) is 5.96. The molecule has 0 unspecified atom stereocenters. The van der Waals surface area contributed by atoms with E-state index in [9.17, 15) is 9.18 Å². The van der Waals surface area contributed by atoms with Crippen molar-refractivity contribution < 1.29 is 18.4 Å². The first kappa shape index (κ1) is 16.4. The molecule has 0 aliphatic heterocycles. The van der Waals surface area contributed by atoms with Crippen LogP contribution in [0.15, 0.2) is 28.8 Å². The van der Waals surface area contributed by atoms with E-state index in [0.29, 0.717) is 18.8 Å². The molecule has 1 aromatic heterocycles. The molecular weight excluding hydrogens is 313 g/mol. The van der Waals surface area contributed by atoms with Gasteiger partial charge in [0.1, 0.15) is 0 Å². The fourth-order valence-electron chi connectivity index (χ4n) is 2.50. The topological polar surface area (TPSA) is 68.5 Å². The molecule has 0 bridgehead atoms. The van der Waals surface area contributed by atoms with Gasteiger partial charge in [0.05, 0.1) is 0 Å². The van der Waals surface area contributed by atoms with Gasteiger partial charge in [-0.25, -0.2) is 4.39 Å². The molecule has 6 nitrogen and oxygen atoms in total. The van der Waals surface area contributed by atoms with Crippen LogP contribution in [0.25, 0.3) is 0 Å². The number of halogens is 1. The minimum atomic E-state index is -0.437. The number of hydrogen-bond donors (Lipinski definition) is 0. The van der Waals surface area contributed by atoms with Crippen LogP contribution in [0.3, 0.4) is 0 Å². The van der Waals surface area contributed by atoms with Gasteiger partial charge in [-0.05, 0) is 25.0 Å². The van der Waals surface area contributed by atoms with Crippen molar-refractivity contribution in [1.29, 1.82) is 0 Å². The Hall–Kier alpha value is -2.44. The van der Waals surface area contributed by atoms with Gasteiger partial charge in [-0.3, -0.25) is 4.79 Å². The fourth-order valence-corrected chi connectivity index (χ4v) is 2.50. The SMILES string of the molecule is CN(CCc1noc(COc2ccccc2F)n1)C(=O)C1CCC1. The average molecular weight is 333 g/mol. The highest BCUT2D eigenvalue weighted by Crippen LogP contribution is 2.27. The lowest BCUT2D eigenvalue weighted by Crippen LogP contribution is -2.37. The molecule has 0 spiro atoms. The molecule has 1 fully saturated rings. The summed E-state index contributed by atoms with van der Waals surface area (Å²) in [6.45, 7) is 0.549. The summed E-state index contributed by atoms with van der Waals surface area (Å²) in [5.41, 5.74) is 0. The Morgan fingerprint density at radius 1 is 1.42 bits per heavy atom. The van der Waals surface area contributed by atoms with Crippen LogP contribution in [-0.4, -0.2) is 34.5 Å². The van der Waals surface area contributed by atoms with Crippen LogP contribution in [0, 0.1) is 11.7 Å². The third-order valence-electron chi connectivity index (χ3n) is 4.20. The molecule has 7 heteroatoms. The number of benzene rings is 1. The fraction of sp³-hybridized carbons (Fsp3) is 0.471. The molecule has 1 aliphatic rings. The molecule has 1 saturated carbocycles. The van der Waals surface area contributed by atoms with E-state index in [1.165, 1.54) is 12.1 Å². The zero-order chi connectivity index (χ0) is 16.9. The van der Waals surface area contributed by atoms with Gasteiger partial charge in [-0.15, -0.1) is 0 Å². The number of carbonyl (C=O) groups excluding carboxylic acids is 1. The lowest BCUT2D eigenvalue weighted by atomic mass is 9.84. The summed E-state index contributed by atoms with van der Waals surface area (Å²) in [7, 11) is 1.79. The van der Waals surface area contributed by atoms with Gasteiger partial charge in [-0.2, -0.15) is 4.98 Å². The maximum absolute atomic E-state index is 13.5. The first-order chi connectivity index (χ1) is 11.6. The highest BCUT2D eigenvalue weighted by atomic mass is 19.1. The number of ether oxygens (including phenoxy) is 1. The number of nitrogens with zero attached hydrogens (tertiary/aromatic N) is 3. The largest absolute Gasteiger partial charge is 0.481 e. The van der Waals surface area contributed by atoms with Crippen molar-refractivity contribution in [3.8, 4) is 5.75 Å². The number of aromatic nitrogens is 2. The normalized spacial score (nSPS) is 14.2. The molecule has 0 atom stereocenters. The van der Waals surface area contributed by atoms with Crippen LogP contribution in [0.4, 0.5) is 4.39 Å². The second kappa shape index (κ2) is 7.42. The second-order valence-electron chi connectivity index (χ2n) is 5.96. The van der Waals surface area contributed by atoms with E-state index in [-0.39, 0.29) is 30.1 Å². The summed E-state index contributed by atoms with van der Waals surface area (Å²) >= 11 is 0. The van der Waals surface area contributed by atoms with Gasteiger partial charge in [0.2, 0.25) is 5.91 Å². The Labute approximate surface area is 139 Å². The molecular formula is C17H20FN3O3. The number of para-hydroxylation sites is 1. The number of amides is 1. The predicted octanol–water partition coefficient (Wildman–Crippen LogP) is 2.59. The smallest absolute Gasteiger partial charge is 0.264 e. The van der Waals surface area contributed by atoms with Gasteiger partial charge >= 0.3 is 0 Å². The zero-order valence-electron chi connectivity index (χ0n) is 13.6. The van der Waals surface area contributed by atoms with Crippen LogP contribution in [0.2, 0.25) is 0 Å². The third-order valence-corrected chi connectivity index (χ3v) is 4.20. The Kier molecular flexibility index (Phi) is 5.08. The van der Waals surface area contributed by atoms with Crippen LogP contribution < -0.4 is 4.74 Å². The van der Waals surface area contributed by atoms with Crippen molar-refractivity contribution >= 4 is 5.91 Å². The predicted molar refractivity (Wildman–Crippen MR) is 83.7 cm³/mol. The summed E-state index contributed by atoms with van der Waals surface area (Å²) in [4.78, 5) is 18.0. The average Bonchev–Trinajstić information content (AvgIpc) is 2.98. The number of hydrogen-bond acceptors (Lipinski definition) is 5. The van der Waals surface area contributed by atoms with Gasteiger partial charge in [0.15, 0.2) is 24.0 Å². The van der Waals surface area contributed by atoms with E-state index in [0.717, 1.165) is 19.3 Å². The number of carbonyl (C=O) groups is 1. The Balaban J connectivity index is 1.46. The molecule has 1 heterocycles. The van der Waals surface area contributed by atoms with Crippen LogP contribution >= 0.6 is 0 Å². The van der Waals surface area contributed by atoms with E-state index < -0.39 is 5.82 Å². The monoisotopic (exact) mass is 333 g/mol. The number of rotatable bonds is 7. The van der Waals surface area contributed by atoms with Crippen LogP contribution in [0.1, 0.15) is 31.0 Å². The Morgan fingerprint density at radius 2 is 2.21 bits per heavy atom. The third kappa shape index (κ3) is 3.90. The molecule has 1 aliphatic carbocycles. The van der Waals surface area contributed by atoms with E-state index in [1.807, 2.05) is 0 Å². The van der Waals surface area contributed by atoms with Gasteiger partial charge in [-0.1, -0.05) is 23.7 Å². The lowest BCUT2D eigenvalue weighted by molar-refractivity contribution is -0.136. The van der Waals surface area contributed by atoms with E-state index >= 15 is 0 Å². The molecule has 0 radical (unpaired) electrons. The maximum atomic E-state index is 13.5. The molecule has 1 aromatic carbocycles. The summed E-state index contributed by atoms with van der Waals surface area (Å²) in [5, 5.41) is 3.86. The lowest BCUT2D eigenvalue weighted by Gasteiger charge is -2.28. The zero-order valence-corrected chi connectivity index (χ0v) is 13.6.